The smallest absolute Gasteiger partial charge is 0.206 e. The normalized spacial score (nSPS) is 11.1. The summed E-state index contributed by atoms with van der Waals surface area (Å²) in [5.74, 6) is -0.118. The molecule has 0 saturated heterocycles. The molecule has 0 spiro atoms. The van der Waals surface area contributed by atoms with E-state index < -0.39 is 0 Å². The zero-order valence-corrected chi connectivity index (χ0v) is 18.5. The number of hydrogen-bond donors (Lipinski definition) is 2. The average Bonchev–Trinajstić information content (AvgIpc) is 3.31. The summed E-state index contributed by atoms with van der Waals surface area (Å²) in [4.78, 5) is 16.0. The molecule has 1 aromatic carbocycles. The third-order valence-electron chi connectivity index (χ3n) is 4.98. The molecule has 2 aromatic heterocycles. The Morgan fingerprint density at radius 2 is 2.07 bits per heavy atom. The number of hydrogen-bond acceptors (Lipinski definition) is 7. The van der Waals surface area contributed by atoms with E-state index in [1.54, 1.807) is 11.3 Å². The van der Waals surface area contributed by atoms with Crippen molar-refractivity contribution in [2.24, 2.45) is 0 Å². The lowest BCUT2D eigenvalue weighted by Gasteiger charge is -2.20. The second-order valence-electron chi connectivity index (χ2n) is 6.85. The van der Waals surface area contributed by atoms with E-state index in [0.717, 1.165) is 29.7 Å². The molecule has 152 valence electrons. The molecular weight excluding hydrogens is 400 g/mol. The maximum Gasteiger partial charge on any atom is 0.206 e. The minimum atomic E-state index is -0.118. The van der Waals surface area contributed by atoms with Crippen LogP contribution in [0.4, 0.5) is 10.7 Å². The Bertz CT molecular complexity index is 1030. The van der Waals surface area contributed by atoms with Crippen LogP contribution in [0.3, 0.4) is 0 Å². The van der Waals surface area contributed by atoms with E-state index in [-0.39, 0.29) is 11.5 Å². The maximum absolute atomic E-state index is 13.2. The number of benzene rings is 1. The molecule has 0 atom stereocenters. The predicted molar refractivity (Wildman–Crippen MR) is 124 cm³/mol. The number of ketones is 1. The van der Waals surface area contributed by atoms with Gasteiger partial charge >= 0.3 is 0 Å². The maximum atomic E-state index is 13.2. The van der Waals surface area contributed by atoms with Gasteiger partial charge in [-0.2, -0.15) is 5.26 Å². The van der Waals surface area contributed by atoms with Gasteiger partial charge in [-0.3, -0.25) is 4.79 Å². The number of nitrogens with two attached hydrogens (primary N) is 1. The van der Waals surface area contributed by atoms with E-state index in [9.17, 15) is 10.1 Å². The van der Waals surface area contributed by atoms with Gasteiger partial charge in [0.05, 0.1) is 5.69 Å². The Balaban J connectivity index is 1.79. The zero-order valence-electron chi connectivity index (χ0n) is 16.8. The molecule has 7 heteroatoms. The number of thiophene rings is 2. The number of fused-ring (bicyclic) bond motifs is 1. The van der Waals surface area contributed by atoms with Crippen molar-refractivity contribution in [3.8, 4) is 6.07 Å². The second kappa shape index (κ2) is 9.88. The van der Waals surface area contributed by atoms with Crippen LogP contribution in [0.5, 0.6) is 0 Å². The van der Waals surface area contributed by atoms with Crippen LogP contribution in [0.15, 0.2) is 29.6 Å². The van der Waals surface area contributed by atoms with E-state index in [2.05, 4.69) is 30.1 Å². The number of carbonyl (C=O) groups excluding carboxylic acids is 1. The number of rotatable bonds is 10. The van der Waals surface area contributed by atoms with Crippen molar-refractivity contribution in [2.45, 2.75) is 26.7 Å². The summed E-state index contributed by atoms with van der Waals surface area (Å²) >= 11 is 2.82. The molecule has 0 bridgehead atoms. The third-order valence-corrected chi connectivity index (χ3v) is 7.10. The fraction of sp³-hybridized carbons (Fsp3) is 0.364. The zero-order chi connectivity index (χ0) is 20.8. The second-order valence-corrected chi connectivity index (χ2v) is 8.78. The van der Waals surface area contributed by atoms with Crippen molar-refractivity contribution in [3.63, 3.8) is 0 Å². The van der Waals surface area contributed by atoms with Gasteiger partial charge in [0.15, 0.2) is 0 Å². The summed E-state index contributed by atoms with van der Waals surface area (Å²) in [5.41, 5.74) is 7.50. The van der Waals surface area contributed by atoms with E-state index in [1.165, 1.54) is 24.2 Å². The molecule has 0 aliphatic rings. The molecule has 0 aliphatic carbocycles. The summed E-state index contributed by atoms with van der Waals surface area (Å²) in [6.45, 7) is 8.00. The van der Waals surface area contributed by atoms with E-state index in [1.807, 2.05) is 29.6 Å². The summed E-state index contributed by atoms with van der Waals surface area (Å²) in [5, 5.41) is 16.4. The van der Waals surface area contributed by atoms with Gasteiger partial charge in [-0.05, 0) is 25.6 Å². The highest BCUT2D eigenvalue weighted by Gasteiger charge is 2.24. The molecule has 3 rings (SSSR count). The third kappa shape index (κ3) is 4.61. The van der Waals surface area contributed by atoms with Gasteiger partial charge in [0.25, 0.3) is 0 Å². The SMILES string of the molecule is CCCCN(CC)CCNc1sc(C(=O)c2csc3ccccc23)c(N)c1C#N. The summed E-state index contributed by atoms with van der Waals surface area (Å²) in [6, 6.07) is 10.0. The number of nitrogens with one attached hydrogen (secondary N) is 1. The summed E-state index contributed by atoms with van der Waals surface area (Å²) < 4.78 is 1.07. The Morgan fingerprint density at radius 3 is 2.79 bits per heavy atom. The van der Waals surface area contributed by atoms with E-state index in [0.29, 0.717) is 27.5 Å². The van der Waals surface area contributed by atoms with Crippen LogP contribution in [-0.2, 0) is 0 Å². The van der Waals surface area contributed by atoms with Crippen molar-refractivity contribution >= 4 is 49.2 Å². The average molecular weight is 427 g/mol. The highest BCUT2D eigenvalue weighted by atomic mass is 32.1. The minimum absolute atomic E-state index is 0.118. The van der Waals surface area contributed by atoms with Crippen molar-refractivity contribution in [1.29, 1.82) is 5.26 Å². The topological polar surface area (TPSA) is 82.2 Å². The molecule has 0 saturated carbocycles. The van der Waals surface area contributed by atoms with Crippen LogP contribution in [0, 0.1) is 11.3 Å². The number of anilines is 2. The van der Waals surface area contributed by atoms with Gasteiger partial charge in [0.1, 0.15) is 21.5 Å². The highest BCUT2D eigenvalue weighted by Crippen LogP contribution is 2.38. The fourth-order valence-corrected chi connectivity index (χ4v) is 5.25. The minimum Gasteiger partial charge on any atom is -0.396 e. The Labute approximate surface area is 179 Å². The lowest BCUT2D eigenvalue weighted by Crippen LogP contribution is -2.29. The van der Waals surface area contributed by atoms with Crippen molar-refractivity contribution < 1.29 is 4.79 Å². The molecule has 0 fully saturated rings. The number of carbonyl (C=O) groups is 1. The van der Waals surface area contributed by atoms with Gasteiger partial charge in [-0.15, -0.1) is 22.7 Å². The van der Waals surface area contributed by atoms with Gasteiger partial charge in [0.2, 0.25) is 5.78 Å². The first-order valence-corrected chi connectivity index (χ1v) is 11.6. The standard InChI is InChI=1S/C22H26N4OS2/c1-3-5-11-26(4-2)12-10-25-22-16(13-23)19(24)21(29-22)20(27)17-14-28-18-9-7-6-8-15(17)18/h6-9,14,25H,3-5,10-12,24H2,1-2H3. The molecule has 29 heavy (non-hydrogen) atoms. The lowest BCUT2D eigenvalue weighted by atomic mass is 10.1. The Kier molecular flexibility index (Phi) is 7.26. The molecule has 0 amide bonds. The van der Waals surface area contributed by atoms with Crippen molar-refractivity contribution in [3.05, 3.63) is 45.6 Å². The lowest BCUT2D eigenvalue weighted by molar-refractivity contribution is 0.104. The number of likely N-dealkylation sites (N-methyl/N-ethyl adjacent to an activating group) is 1. The molecule has 2 heterocycles. The first-order chi connectivity index (χ1) is 14.1. The van der Waals surface area contributed by atoms with E-state index in [4.69, 9.17) is 5.73 Å². The van der Waals surface area contributed by atoms with Crippen LogP contribution in [0.1, 0.15) is 47.5 Å². The van der Waals surface area contributed by atoms with Gasteiger partial charge in [-0.1, -0.05) is 38.5 Å². The highest BCUT2D eigenvalue weighted by molar-refractivity contribution is 7.20. The van der Waals surface area contributed by atoms with E-state index >= 15 is 0 Å². The van der Waals surface area contributed by atoms with Gasteiger partial charge in [0, 0.05) is 34.1 Å². The fourth-order valence-electron chi connectivity index (χ4n) is 3.26. The monoisotopic (exact) mass is 426 g/mol. The summed E-state index contributed by atoms with van der Waals surface area (Å²) in [7, 11) is 0. The summed E-state index contributed by atoms with van der Waals surface area (Å²) in [6.07, 6.45) is 2.35. The van der Waals surface area contributed by atoms with Crippen LogP contribution < -0.4 is 11.1 Å². The number of nitrogens with zero attached hydrogens (tertiary/aromatic N) is 2. The Hall–Kier alpha value is -2.40. The van der Waals surface area contributed by atoms with Crippen LogP contribution in [0.25, 0.3) is 10.1 Å². The Morgan fingerprint density at radius 1 is 1.28 bits per heavy atom. The van der Waals surface area contributed by atoms with Crippen molar-refractivity contribution in [1.82, 2.24) is 4.90 Å². The van der Waals surface area contributed by atoms with Crippen LogP contribution in [0.2, 0.25) is 0 Å². The number of nitriles is 1. The van der Waals surface area contributed by atoms with Gasteiger partial charge in [-0.25, -0.2) is 0 Å². The largest absolute Gasteiger partial charge is 0.396 e. The molecule has 0 unspecified atom stereocenters. The molecule has 0 radical (unpaired) electrons. The number of unbranched alkanes of at least 4 members (excludes halogenated alkanes) is 1. The molecule has 3 N–H and O–H groups in total. The van der Waals surface area contributed by atoms with Crippen LogP contribution >= 0.6 is 22.7 Å². The molecular formula is C22H26N4OS2. The predicted octanol–water partition coefficient (Wildman–Crippen LogP) is 5.18. The first kappa shape index (κ1) is 21.3. The first-order valence-electron chi connectivity index (χ1n) is 9.90. The number of nitrogen functional groups attached to an aromatic ring is 1. The van der Waals surface area contributed by atoms with Gasteiger partial charge < -0.3 is 16.0 Å². The molecule has 0 aliphatic heterocycles. The van der Waals surface area contributed by atoms with Crippen LogP contribution in [-0.4, -0.2) is 36.9 Å². The molecule has 5 nitrogen and oxygen atoms in total. The quantitative estimate of drug-likeness (QED) is 0.436. The molecule has 3 aromatic rings. The van der Waals surface area contributed by atoms with Crippen molar-refractivity contribution in [2.75, 3.05) is 37.2 Å².